The highest BCUT2D eigenvalue weighted by molar-refractivity contribution is 5.86. The first-order valence-corrected chi connectivity index (χ1v) is 6.46. The van der Waals surface area contributed by atoms with Gasteiger partial charge in [-0.1, -0.05) is 12.2 Å². The van der Waals surface area contributed by atoms with Crippen molar-refractivity contribution in [3.63, 3.8) is 0 Å². The number of halogens is 3. The Labute approximate surface area is 109 Å². The maximum atomic E-state index is 13.1. The molecule has 2 heterocycles. The Balaban J connectivity index is 1.99. The van der Waals surface area contributed by atoms with E-state index in [1.54, 1.807) is 23.3 Å². The molecular weight excluding hydrogens is 257 g/mol. The lowest BCUT2D eigenvalue weighted by atomic mass is 9.74. The third-order valence-electron chi connectivity index (χ3n) is 4.45. The van der Waals surface area contributed by atoms with Crippen LogP contribution in [0.1, 0.15) is 13.3 Å². The standard InChI is InChI=1S/C13H15F3N2O/c1-7-11-8-3-2-4-9(13(14,15)16)10(8)12(19)18(11)6-5-17-7/h2-3,5,7-11H,4,6H2,1H3. The van der Waals surface area contributed by atoms with Crippen molar-refractivity contribution >= 4 is 12.1 Å². The van der Waals surface area contributed by atoms with E-state index in [4.69, 9.17) is 0 Å². The van der Waals surface area contributed by atoms with Gasteiger partial charge in [0, 0.05) is 12.1 Å². The molecule has 0 radical (unpaired) electrons. The topological polar surface area (TPSA) is 32.7 Å². The van der Waals surface area contributed by atoms with Gasteiger partial charge in [0.2, 0.25) is 5.91 Å². The molecule has 6 heteroatoms. The molecule has 19 heavy (non-hydrogen) atoms. The summed E-state index contributed by atoms with van der Waals surface area (Å²) < 4.78 is 39.3. The van der Waals surface area contributed by atoms with E-state index in [0.717, 1.165) is 0 Å². The Morgan fingerprint density at radius 2 is 2.16 bits per heavy atom. The average molecular weight is 272 g/mol. The van der Waals surface area contributed by atoms with Crippen LogP contribution in [0.2, 0.25) is 0 Å². The highest BCUT2D eigenvalue weighted by Crippen LogP contribution is 2.48. The van der Waals surface area contributed by atoms with Crippen molar-refractivity contribution in [3.8, 4) is 0 Å². The second kappa shape index (κ2) is 4.08. The number of carbonyl (C=O) groups is 1. The number of carbonyl (C=O) groups excluding carboxylic acids is 1. The molecule has 3 rings (SSSR count). The van der Waals surface area contributed by atoms with Gasteiger partial charge >= 0.3 is 6.18 Å². The molecule has 0 saturated carbocycles. The van der Waals surface area contributed by atoms with E-state index >= 15 is 0 Å². The molecule has 3 aliphatic rings. The van der Waals surface area contributed by atoms with Gasteiger partial charge in [-0.15, -0.1) is 0 Å². The third kappa shape index (κ3) is 1.80. The molecule has 1 aliphatic carbocycles. The summed E-state index contributed by atoms with van der Waals surface area (Å²) in [5, 5.41) is 0. The van der Waals surface area contributed by atoms with Crippen molar-refractivity contribution < 1.29 is 18.0 Å². The van der Waals surface area contributed by atoms with Gasteiger partial charge in [-0.25, -0.2) is 0 Å². The number of allylic oxidation sites excluding steroid dienone is 1. The van der Waals surface area contributed by atoms with Gasteiger partial charge in [0.1, 0.15) is 0 Å². The molecule has 0 spiro atoms. The average Bonchev–Trinajstić information content (AvgIpc) is 2.64. The van der Waals surface area contributed by atoms with Crippen molar-refractivity contribution in [1.29, 1.82) is 0 Å². The molecular formula is C13H15F3N2O. The van der Waals surface area contributed by atoms with Crippen LogP contribution in [-0.4, -0.2) is 41.8 Å². The van der Waals surface area contributed by atoms with Crippen LogP contribution in [0, 0.1) is 17.8 Å². The summed E-state index contributed by atoms with van der Waals surface area (Å²) in [6.45, 7) is 2.19. The van der Waals surface area contributed by atoms with Crippen LogP contribution in [0.3, 0.4) is 0 Å². The van der Waals surface area contributed by atoms with Gasteiger partial charge in [0.15, 0.2) is 0 Å². The molecule has 5 unspecified atom stereocenters. The predicted octanol–water partition coefficient (Wildman–Crippen LogP) is 2.04. The van der Waals surface area contributed by atoms with Crippen LogP contribution in [0.15, 0.2) is 17.1 Å². The summed E-state index contributed by atoms with van der Waals surface area (Å²) in [6, 6.07) is -0.353. The van der Waals surface area contributed by atoms with E-state index in [2.05, 4.69) is 4.99 Å². The predicted molar refractivity (Wildman–Crippen MR) is 63.7 cm³/mol. The number of amides is 1. The van der Waals surface area contributed by atoms with E-state index in [1.807, 2.05) is 6.92 Å². The Morgan fingerprint density at radius 1 is 1.42 bits per heavy atom. The van der Waals surface area contributed by atoms with Gasteiger partial charge < -0.3 is 4.90 Å². The zero-order valence-electron chi connectivity index (χ0n) is 10.5. The minimum Gasteiger partial charge on any atom is -0.331 e. The summed E-state index contributed by atoms with van der Waals surface area (Å²) in [6.07, 6.45) is 0.574. The smallest absolute Gasteiger partial charge is 0.331 e. The summed E-state index contributed by atoms with van der Waals surface area (Å²) >= 11 is 0. The highest BCUT2D eigenvalue weighted by atomic mass is 19.4. The Hall–Kier alpha value is -1.33. The maximum absolute atomic E-state index is 13.1. The fourth-order valence-corrected chi connectivity index (χ4v) is 3.65. The second-order valence-corrected chi connectivity index (χ2v) is 5.47. The van der Waals surface area contributed by atoms with Crippen molar-refractivity contribution in [2.24, 2.45) is 22.7 Å². The quantitative estimate of drug-likeness (QED) is 0.621. The number of hydrogen-bond donors (Lipinski definition) is 0. The van der Waals surface area contributed by atoms with Crippen LogP contribution in [0.5, 0.6) is 0 Å². The number of hydrogen-bond acceptors (Lipinski definition) is 2. The van der Waals surface area contributed by atoms with Crippen LogP contribution >= 0.6 is 0 Å². The molecule has 0 aromatic heterocycles. The molecule has 0 aromatic rings. The zero-order valence-corrected chi connectivity index (χ0v) is 10.5. The molecule has 0 bridgehead atoms. The third-order valence-corrected chi connectivity index (χ3v) is 4.45. The normalized spacial score (nSPS) is 41.4. The maximum Gasteiger partial charge on any atom is 0.392 e. The molecule has 0 aromatic carbocycles. The molecule has 1 fully saturated rings. The van der Waals surface area contributed by atoms with Crippen molar-refractivity contribution in [2.75, 3.05) is 6.54 Å². The first-order chi connectivity index (χ1) is 8.91. The first-order valence-electron chi connectivity index (χ1n) is 6.46. The number of aliphatic imine (C=N–C) groups is 1. The number of rotatable bonds is 0. The molecule has 104 valence electrons. The fourth-order valence-electron chi connectivity index (χ4n) is 3.65. The van der Waals surface area contributed by atoms with E-state index < -0.39 is 18.0 Å². The van der Waals surface area contributed by atoms with Gasteiger partial charge in [-0.2, -0.15) is 13.2 Å². The van der Waals surface area contributed by atoms with E-state index in [9.17, 15) is 18.0 Å². The molecule has 0 N–H and O–H groups in total. The van der Waals surface area contributed by atoms with Gasteiger partial charge in [-0.3, -0.25) is 9.79 Å². The minimum atomic E-state index is -4.32. The lowest BCUT2D eigenvalue weighted by Gasteiger charge is -2.34. The zero-order chi connectivity index (χ0) is 13.8. The number of fused-ring (bicyclic) bond motifs is 3. The second-order valence-electron chi connectivity index (χ2n) is 5.47. The van der Waals surface area contributed by atoms with Crippen LogP contribution < -0.4 is 0 Å². The monoisotopic (exact) mass is 272 g/mol. The van der Waals surface area contributed by atoms with E-state index in [-0.39, 0.29) is 30.3 Å². The van der Waals surface area contributed by atoms with Gasteiger partial charge in [-0.05, 0) is 13.3 Å². The molecule has 1 amide bonds. The lowest BCUT2D eigenvalue weighted by Crippen LogP contribution is -2.45. The molecule has 2 aliphatic heterocycles. The van der Waals surface area contributed by atoms with E-state index in [1.165, 1.54) is 0 Å². The van der Waals surface area contributed by atoms with Crippen molar-refractivity contribution in [2.45, 2.75) is 31.6 Å². The molecule has 5 atom stereocenters. The first kappa shape index (κ1) is 12.7. The minimum absolute atomic E-state index is 0.0911. The Morgan fingerprint density at radius 3 is 2.84 bits per heavy atom. The van der Waals surface area contributed by atoms with Crippen molar-refractivity contribution in [3.05, 3.63) is 12.2 Å². The Kier molecular flexibility index (Phi) is 2.73. The number of alkyl halides is 3. The summed E-state index contributed by atoms with van der Waals surface area (Å²) in [5.74, 6) is -3.23. The lowest BCUT2D eigenvalue weighted by molar-refractivity contribution is -0.193. The molecule has 1 saturated heterocycles. The SMILES string of the molecule is CC1N=CCN2C(=O)C3C(C=CCC3C(F)(F)F)C12. The number of nitrogens with zero attached hydrogens (tertiary/aromatic N) is 2. The highest BCUT2D eigenvalue weighted by Gasteiger charge is 2.59. The Bertz CT molecular complexity index is 457. The summed E-state index contributed by atoms with van der Waals surface area (Å²) in [7, 11) is 0. The summed E-state index contributed by atoms with van der Waals surface area (Å²) in [5.41, 5.74) is 0. The largest absolute Gasteiger partial charge is 0.392 e. The van der Waals surface area contributed by atoms with Gasteiger partial charge in [0.05, 0.1) is 30.5 Å². The van der Waals surface area contributed by atoms with Crippen LogP contribution in [-0.2, 0) is 4.79 Å². The van der Waals surface area contributed by atoms with E-state index in [0.29, 0.717) is 6.54 Å². The molecule has 3 nitrogen and oxygen atoms in total. The van der Waals surface area contributed by atoms with Gasteiger partial charge in [0.25, 0.3) is 0 Å². The van der Waals surface area contributed by atoms with Crippen molar-refractivity contribution in [1.82, 2.24) is 4.90 Å². The fraction of sp³-hybridized carbons (Fsp3) is 0.692. The van der Waals surface area contributed by atoms with Crippen LogP contribution in [0.25, 0.3) is 0 Å². The summed E-state index contributed by atoms with van der Waals surface area (Å²) in [4.78, 5) is 18.1. The van der Waals surface area contributed by atoms with Crippen LogP contribution in [0.4, 0.5) is 13.2 Å².